The van der Waals surface area contributed by atoms with Crippen molar-refractivity contribution >= 4 is 5.97 Å². The Morgan fingerprint density at radius 1 is 1.59 bits per heavy atom. The molecule has 0 saturated carbocycles. The molecule has 0 amide bonds. The van der Waals surface area contributed by atoms with Gasteiger partial charge < -0.3 is 5.11 Å². The average molecular weight is 239 g/mol. The van der Waals surface area contributed by atoms with Crippen molar-refractivity contribution in [3.8, 4) is 0 Å². The van der Waals surface area contributed by atoms with E-state index in [1.54, 1.807) is 11.7 Å². The molecule has 0 saturated heterocycles. The first-order valence-electron chi connectivity index (χ1n) is 5.75. The van der Waals surface area contributed by atoms with Crippen molar-refractivity contribution < 1.29 is 9.90 Å². The number of aryl methyl sites for hydroxylation is 1. The molecule has 0 aliphatic heterocycles. The number of nitrogens with zero attached hydrogens (tertiary/aromatic N) is 3. The second-order valence-electron chi connectivity index (χ2n) is 4.96. The molecule has 0 aromatic carbocycles. The molecule has 0 unspecified atom stereocenters. The highest BCUT2D eigenvalue weighted by Gasteiger charge is 2.24. The second kappa shape index (κ2) is 4.87. The summed E-state index contributed by atoms with van der Waals surface area (Å²) in [6, 6.07) is 0. The van der Waals surface area contributed by atoms with Crippen molar-refractivity contribution in [2.24, 2.45) is 7.05 Å². The van der Waals surface area contributed by atoms with Crippen molar-refractivity contribution in [1.82, 2.24) is 14.7 Å². The first-order valence-corrected chi connectivity index (χ1v) is 5.75. The Bertz CT molecular complexity index is 410. The van der Waals surface area contributed by atoms with E-state index in [-0.39, 0.29) is 11.1 Å². The molecule has 17 heavy (non-hydrogen) atoms. The molecule has 96 valence electrons. The van der Waals surface area contributed by atoms with E-state index in [2.05, 4.69) is 30.8 Å². The van der Waals surface area contributed by atoms with Crippen molar-refractivity contribution in [3.05, 3.63) is 17.5 Å². The topological polar surface area (TPSA) is 58.4 Å². The van der Waals surface area contributed by atoms with E-state index in [1.807, 2.05) is 7.05 Å². The molecular weight excluding hydrogens is 218 g/mol. The molecule has 0 fully saturated rings. The Morgan fingerprint density at radius 3 is 2.65 bits per heavy atom. The number of carboxylic acid groups (broad SMARTS) is 1. The van der Waals surface area contributed by atoms with Crippen LogP contribution in [0.5, 0.6) is 0 Å². The van der Waals surface area contributed by atoms with E-state index in [1.165, 1.54) is 6.20 Å². The molecule has 0 aliphatic rings. The average Bonchev–Trinajstić information content (AvgIpc) is 2.60. The number of carbonyl (C=O) groups is 1. The first-order chi connectivity index (χ1) is 7.79. The lowest BCUT2D eigenvalue weighted by Crippen LogP contribution is -2.40. The predicted molar refractivity (Wildman–Crippen MR) is 66.0 cm³/mol. The van der Waals surface area contributed by atoms with Gasteiger partial charge in [0.1, 0.15) is 5.56 Å². The number of carboxylic acids is 1. The van der Waals surface area contributed by atoms with Crippen LogP contribution in [0.15, 0.2) is 6.20 Å². The normalized spacial score (nSPS) is 12.1. The molecule has 0 radical (unpaired) electrons. The summed E-state index contributed by atoms with van der Waals surface area (Å²) in [6.07, 6.45) is 2.41. The summed E-state index contributed by atoms with van der Waals surface area (Å²) in [5, 5.41) is 13.1. The Morgan fingerprint density at radius 2 is 2.18 bits per heavy atom. The molecule has 0 bridgehead atoms. The van der Waals surface area contributed by atoms with E-state index in [9.17, 15) is 4.79 Å². The molecule has 0 atom stereocenters. The lowest BCUT2D eigenvalue weighted by atomic mass is 9.99. The van der Waals surface area contributed by atoms with E-state index < -0.39 is 5.97 Å². The SMILES string of the molecule is CCC(C)(C)N(C)Cc1c(C(=O)O)cnn1C. The highest BCUT2D eigenvalue weighted by molar-refractivity contribution is 5.88. The van der Waals surface area contributed by atoms with Gasteiger partial charge in [-0.3, -0.25) is 9.58 Å². The molecule has 1 N–H and O–H groups in total. The molecular formula is C12H21N3O2. The zero-order chi connectivity index (χ0) is 13.2. The zero-order valence-corrected chi connectivity index (χ0v) is 11.2. The number of hydrogen-bond acceptors (Lipinski definition) is 3. The Hall–Kier alpha value is -1.36. The van der Waals surface area contributed by atoms with E-state index in [4.69, 9.17) is 5.11 Å². The Balaban J connectivity index is 2.95. The van der Waals surface area contributed by atoms with E-state index in [0.29, 0.717) is 6.54 Å². The van der Waals surface area contributed by atoms with Crippen molar-refractivity contribution in [3.63, 3.8) is 0 Å². The van der Waals surface area contributed by atoms with Crippen LogP contribution in [0.25, 0.3) is 0 Å². The van der Waals surface area contributed by atoms with Crippen LogP contribution >= 0.6 is 0 Å². The molecule has 0 aliphatic carbocycles. The third kappa shape index (κ3) is 2.85. The van der Waals surface area contributed by atoms with Gasteiger partial charge in [0, 0.05) is 19.1 Å². The molecule has 0 spiro atoms. The van der Waals surface area contributed by atoms with Gasteiger partial charge in [-0.2, -0.15) is 5.10 Å². The number of hydrogen-bond donors (Lipinski definition) is 1. The van der Waals surface area contributed by atoms with Gasteiger partial charge in [-0.15, -0.1) is 0 Å². The summed E-state index contributed by atoms with van der Waals surface area (Å²) < 4.78 is 1.63. The quantitative estimate of drug-likeness (QED) is 0.850. The summed E-state index contributed by atoms with van der Waals surface area (Å²) in [6.45, 7) is 6.99. The smallest absolute Gasteiger partial charge is 0.339 e. The summed E-state index contributed by atoms with van der Waals surface area (Å²) in [4.78, 5) is 13.2. The van der Waals surface area contributed by atoms with Gasteiger partial charge in [0.2, 0.25) is 0 Å². The highest BCUT2D eigenvalue weighted by atomic mass is 16.4. The number of aromatic nitrogens is 2. The van der Waals surface area contributed by atoms with Crippen LogP contribution in [0, 0.1) is 0 Å². The summed E-state index contributed by atoms with van der Waals surface area (Å²) >= 11 is 0. The van der Waals surface area contributed by atoms with E-state index in [0.717, 1.165) is 12.1 Å². The first kappa shape index (κ1) is 13.7. The van der Waals surface area contributed by atoms with Gasteiger partial charge >= 0.3 is 5.97 Å². The van der Waals surface area contributed by atoms with Crippen LogP contribution in [0.2, 0.25) is 0 Å². The van der Waals surface area contributed by atoms with Crippen molar-refractivity contribution in [1.29, 1.82) is 0 Å². The van der Waals surface area contributed by atoms with Crippen molar-refractivity contribution in [2.75, 3.05) is 7.05 Å². The predicted octanol–water partition coefficient (Wildman–Crippen LogP) is 1.74. The van der Waals surface area contributed by atoms with Crippen LogP contribution in [0.4, 0.5) is 0 Å². The van der Waals surface area contributed by atoms with Gasteiger partial charge in [-0.1, -0.05) is 6.92 Å². The summed E-state index contributed by atoms with van der Waals surface area (Å²) in [5.41, 5.74) is 1.06. The van der Waals surface area contributed by atoms with Gasteiger partial charge in [0.05, 0.1) is 11.9 Å². The fraction of sp³-hybridized carbons (Fsp3) is 0.667. The fourth-order valence-corrected chi connectivity index (χ4v) is 1.54. The number of aromatic carboxylic acids is 1. The van der Waals surface area contributed by atoms with Gasteiger partial charge in [0.15, 0.2) is 0 Å². The standard InChI is InChI=1S/C12H21N3O2/c1-6-12(2,3)14(4)8-10-9(11(16)17)7-13-15(10)5/h7H,6,8H2,1-5H3,(H,16,17). The maximum absolute atomic E-state index is 11.1. The third-order valence-corrected chi connectivity index (χ3v) is 3.58. The molecule has 1 aromatic heterocycles. The largest absolute Gasteiger partial charge is 0.478 e. The monoisotopic (exact) mass is 239 g/mol. The van der Waals surface area contributed by atoms with Gasteiger partial charge in [-0.05, 0) is 27.3 Å². The van der Waals surface area contributed by atoms with E-state index >= 15 is 0 Å². The van der Waals surface area contributed by atoms with Gasteiger partial charge in [-0.25, -0.2) is 4.79 Å². The van der Waals surface area contributed by atoms with Gasteiger partial charge in [0.25, 0.3) is 0 Å². The third-order valence-electron chi connectivity index (χ3n) is 3.58. The lowest BCUT2D eigenvalue weighted by molar-refractivity contribution is 0.0691. The molecule has 1 heterocycles. The Labute approximate surface area is 102 Å². The zero-order valence-electron chi connectivity index (χ0n) is 11.2. The van der Waals surface area contributed by atoms with Crippen LogP contribution < -0.4 is 0 Å². The maximum Gasteiger partial charge on any atom is 0.339 e. The molecule has 1 rings (SSSR count). The minimum atomic E-state index is -0.921. The van der Waals surface area contributed by atoms with Crippen molar-refractivity contribution in [2.45, 2.75) is 39.3 Å². The number of rotatable bonds is 5. The van der Waals surface area contributed by atoms with Crippen LogP contribution in [0.1, 0.15) is 43.2 Å². The molecule has 1 aromatic rings. The minimum Gasteiger partial charge on any atom is -0.478 e. The minimum absolute atomic E-state index is 0.0417. The summed E-state index contributed by atoms with van der Waals surface area (Å²) in [7, 11) is 3.77. The van der Waals surface area contributed by atoms with Crippen LogP contribution in [-0.2, 0) is 13.6 Å². The fourth-order valence-electron chi connectivity index (χ4n) is 1.54. The molecule has 5 heteroatoms. The van der Waals surface area contributed by atoms with Crippen LogP contribution in [0.3, 0.4) is 0 Å². The van der Waals surface area contributed by atoms with Crippen LogP contribution in [-0.4, -0.2) is 38.3 Å². The Kier molecular flexibility index (Phi) is 3.93. The maximum atomic E-state index is 11.1. The summed E-state index contributed by atoms with van der Waals surface area (Å²) in [5.74, 6) is -0.921. The second-order valence-corrected chi connectivity index (χ2v) is 4.96. The highest BCUT2D eigenvalue weighted by Crippen LogP contribution is 2.20. The lowest BCUT2D eigenvalue weighted by Gasteiger charge is -2.34. The molecule has 5 nitrogen and oxygen atoms in total.